The van der Waals surface area contributed by atoms with Gasteiger partial charge in [-0.1, -0.05) is 59.5 Å². The van der Waals surface area contributed by atoms with E-state index >= 15 is 0 Å². The fourth-order valence-corrected chi connectivity index (χ4v) is 6.31. The van der Waals surface area contributed by atoms with E-state index in [9.17, 15) is 22.8 Å². The van der Waals surface area contributed by atoms with E-state index < -0.39 is 23.9 Å². The summed E-state index contributed by atoms with van der Waals surface area (Å²) in [6, 6.07) is 13.6. The number of terminal acetylenes is 1. The van der Waals surface area contributed by atoms with Crippen molar-refractivity contribution in [2.75, 3.05) is 10.6 Å². The van der Waals surface area contributed by atoms with E-state index in [1.54, 1.807) is 30.3 Å². The van der Waals surface area contributed by atoms with Crippen LogP contribution in [0.5, 0.6) is 0 Å². The Balaban J connectivity index is 2.37. The van der Waals surface area contributed by atoms with E-state index in [4.69, 9.17) is 29.6 Å². The topological polar surface area (TPSA) is 94.9 Å². The second-order valence-corrected chi connectivity index (χ2v) is 10.4. The second-order valence-electron chi connectivity index (χ2n) is 6.09. The average Bonchev–Trinajstić information content (AvgIpc) is 2.63. The zero-order valence-corrected chi connectivity index (χ0v) is 17.9. The molecular formula is C19H14Cl2NO5PS. The Bertz CT molecular complexity index is 1280. The first-order valence-corrected chi connectivity index (χ1v) is 12.0. The monoisotopic (exact) mass is 469 g/mol. The minimum atomic E-state index is -4.82. The first-order valence-electron chi connectivity index (χ1n) is 8.05. The van der Waals surface area contributed by atoms with E-state index in [0.29, 0.717) is 15.1 Å². The average molecular weight is 470 g/mol. The van der Waals surface area contributed by atoms with Crippen LogP contribution < -0.4 is 4.31 Å². The van der Waals surface area contributed by atoms with Gasteiger partial charge < -0.3 is 9.79 Å². The number of halogens is 2. The molecule has 2 N–H and O–H groups in total. The van der Waals surface area contributed by atoms with Gasteiger partial charge in [0.1, 0.15) is 6.29 Å². The summed E-state index contributed by atoms with van der Waals surface area (Å²) in [5, 5.41) is 1.19. The molecule has 3 aromatic rings. The molecule has 0 aromatic heterocycles. The van der Waals surface area contributed by atoms with Gasteiger partial charge in [0.25, 0.3) is 10.0 Å². The van der Waals surface area contributed by atoms with Crippen molar-refractivity contribution in [2.24, 2.45) is 0 Å². The molecule has 0 heterocycles. The second kappa shape index (κ2) is 8.00. The SMILES string of the molecule is C#Cc1ccc2ccccc2c1N(CP(=O)(O)O)S(=O)(=O)c1cc(Cl)cc(Cl)c1. The van der Waals surface area contributed by atoms with Crippen LogP contribution in [0, 0.1) is 12.3 Å². The Kier molecular flexibility index (Phi) is 5.98. The largest absolute Gasteiger partial charge is 0.345 e. The Hall–Kier alpha value is -2.04. The van der Waals surface area contributed by atoms with Crippen molar-refractivity contribution in [3.63, 3.8) is 0 Å². The molecule has 0 aliphatic carbocycles. The molecule has 0 aliphatic heterocycles. The normalized spacial score (nSPS) is 12.0. The number of benzene rings is 3. The smallest absolute Gasteiger partial charge is 0.323 e. The number of hydrogen-bond donors (Lipinski definition) is 2. The van der Waals surface area contributed by atoms with Crippen LogP contribution in [0.2, 0.25) is 10.0 Å². The number of hydrogen-bond acceptors (Lipinski definition) is 3. The summed E-state index contributed by atoms with van der Waals surface area (Å²) >= 11 is 11.9. The maximum Gasteiger partial charge on any atom is 0.345 e. The molecule has 0 amide bonds. The summed E-state index contributed by atoms with van der Waals surface area (Å²) in [5.41, 5.74) is 0.152. The molecular weight excluding hydrogens is 456 g/mol. The third-order valence-corrected chi connectivity index (χ3v) is 7.04. The van der Waals surface area contributed by atoms with Crippen LogP contribution in [0.15, 0.2) is 59.5 Å². The van der Waals surface area contributed by atoms with Crippen LogP contribution in [0.1, 0.15) is 5.56 Å². The quantitative estimate of drug-likeness (QED) is 0.424. The van der Waals surface area contributed by atoms with Crippen LogP contribution in [0.4, 0.5) is 5.69 Å². The summed E-state index contributed by atoms with van der Waals surface area (Å²) in [6.45, 7) is 0. The Morgan fingerprint density at radius 2 is 1.66 bits per heavy atom. The van der Waals surface area contributed by atoms with Gasteiger partial charge in [-0.15, -0.1) is 6.42 Å². The lowest BCUT2D eigenvalue weighted by molar-refractivity contribution is 0.373. The summed E-state index contributed by atoms with van der Waals surface area (Å²) in [4.78, 5) is 18.9. The molecule has 150 valence electrons. The summed E-state index contributed by atoms with van der Waals surface area (Å²) in [6.07, 6.45) is 4.46. The molecule has 3 rings (SSSR count). The zero-order valence-electron chi connectivity index (χ0n) is 14.7. The highest BCUT2D eigenvalue weighted by molar-refractivity contribution is 7.93. The Labute approximate surface area is 177 Å². The molecule has 0 bridgehead atoms. The predicted molar refractivity (Wildman–Crippen MR) is 115 cm³/mol. The van der Waals surface area contributed by atoms with Gasteiger partial charge in [0.05, 0.1) is 10.6 Å². The van der Waals surface area contributed by atoms with Crippen LogP contribution in [-0.2, 0) is 14.6 Å². The van der Waals surface area contributed by atoms with Crippen LogP contribution in [0.25, 0.3) is 10.8 Å². The molecule has 6 nitrogen and oxygen atoms in total. The lowest BCUT2D eigenvalue weighted by Gasteiger charge is -2.27. The van der Waals surface area contributed by atoms with Crippen molar-refractivity contribution in [3.05, 3.63) is 70.2 Å². The standard InChI is InChI=1S/C19H14Cl2NO5PS/c1-2-13-7-8-14-5-3-4-6-18(14)19(13)22(12-28(23,24)25)29(26,27)17-10-15(20)9-16(21)11-17/h1,3-11H,12H2,(H2,23,24,25). The molecule has 0 unspecified atom stereocenters. The first-order chi connectivity index (χ1) is 13.5. The van der Waals surface area contributed by atoms with Crippen LogP contribution in [-0.4, -0.2) is 24.5 Å². The molecule has 0 saturated heterocycles. The van der Waals surface area contributed by atoms with Crippen molar-refractivity contribution in [1.29, 1.82) is 0 Å². The lowest BCUT2D eigenvalue weighted by atomic mass is 10.0. The predicted octanol–water partition coefficient (Wildman–Crippen LogP) is 4.46. The third kappa shape index (κ3) is 4.59. The third-order valence-electron chi connectivity index (χ3n) is 4.04. The van der Waals surface area contributed by atoms with Crippen molar-refractivity contribution in [1.82, 2.24) is 0 Å². The molecule has 29 heavy (non-hydrogen) atoms. The maximum absolute atomic E-state index is 13.4. The number of fused-ring (bicyclic) bond motifs is 1. The number of nitrogens with zero attached hydrogens (tertiary/aromatic N) is 1. The number of anilines is 1. The van der Waals surface area contributed by atoms with E-state index in [1.807, 2.05) is 0 Å². The lowest BCUT2D eigenvalue weighted by Crippen LogP contribution is -2.33. The number of sulfonamides is 1. The maximum atomic E-state index is 13.4. The van der Waals surface area contributed by atoms with E-state index in [-0.39, 0.29) is 26.2 Å². The zero-order chi connectivity index (χ0) is 21.4. The summed E-state index contributed by atoms with van der Waals surface area (Å²) < 4.78 is 39.3. The first kappa shape index (κ1) is 21.7. The molecule has 0 fully saturated rings. The molecule has 10 heteroatoms. The minimum Gasteiger partial charge on any atom is -0.323 e. The fourth-order valence-electron chi connectivity index (χ4n) is 2.88. The van der Waals surface area contributed by atoms with Crippen molar-refractivity contribution >= 4 is 57.3 Å². The number of rotatable bonds is 5. The van der Waals surface area contributed by atoms with Gasteiger partial charge in [0, 0.05) is 21.0 Å². The minimum absolute atomic E-state index is 0.00924. The van der Waals surface area contributed by atoms with Gasteiger partial charge >= 0.3 is 7.60 Å². The molecule has 0 saturated carbocycles. The van der Waals surface area contributed by atoms with E-state index in [0.717, 1.165) is 12.1 Å². The summed E-state index contributed by atoms with van der Waals surface area (Å²) in [7, 11) is -9.30. The van der Waals surface area contributed by atoms with Crippen molar-refractivity contribution < 1.29 is 22.8 Å². The van der Waals surface area contributed by atoms with E-state index in [2.05, 4.69) is 5.92 Å². The van der Waals surface area contributed by atoms with Crippen molar-refractivity contribution in [2.45, 2.75) is 4.90 Å². The highest BCUT2D eigenvalue weighted by Gasteiger charge is 2.34. The molecule has 0 atom stereocenters. The molecule has 0 spiro atoms. The van der Waals surface area contributed by atoms with Gasteiger partial charge in [-0.2, -0.15) is 0 Å². The van der Waals surface area contributed by atoms with Gasteiger partial charge in [-0.3, -0.25) is 8.87 Å². The van der Waals surface area contributed by atoms with Gasteiger partial charge in [-0.05, 0) is 29.7 Å². The molecule has 3 aromatic carbocycles. The molecule has 0 aliphatic rings. The van der Waals surface area contributed by atoms with Crippen LogP contribution in [0.3, 0.4) is 0 Å². The van der Waals surface area contributed by atoms with E-state index in [1.165, 1.54) is 12.1 Å². The van der Waals surface area contributed by atoms with Gasteiger partial charge in [-0.25, -0.2) is 8.42 Å². The van der Waals surface area contributed by atoms with Crippen molar-refractivity contribution in [3.8, 4) is 12.3 Å². The Morgan fingerprint density at radius 3 is 2.24 bits per heavy atom. The Morgan fingerprint density at radius 1 is 1.03 bits per heavy atom. The van der Waals surface area contributed by atoms with Crippen LogP contribution >= 0.6 is 30.8 Å². The van der Waals surface area contributed by atoms with Gasteiger partial charge in [0.15, 0.2) is 0 Å². The summed E-state index contributed by atoms with van der Waals surface area (Å²) in [5.74, 6) is 2.39. The highest BCUT2D eigenvalue weighted by Crippen LogP contribution is 2.43. The highest BCUT2D eigenvalue weighted by atomic mass is 35.5. The fraction of sp³-hybridized carbons (Fsp3) is 0.0526. The van der Waals surface area contributed by atoms with Gasteiger partial charge in [0.2, 0.25) is 0 Å². The molecule has 0 radical (unpaired) electrons.